The highest BCUT2D eigenvalue weighted by Crippen LogP contribution is 2.21. The minimum absolute atomic E-state index is 0.0284. The number of nitrogen functional groups attached to an aromatic ring is 1. The van der Waals surface area contributed by atoms with Crippen LogP contribution in [0.1, 0.15) is 17.3 Å². The van der Waals surface area contributed by atoms with Crippen LogP contribution in [0, 0.1) is 0 Å². The van der Waals surface area contributed by atoms with Gasteiger partial charge in [-0.2, -0.15) is 4.98 Å². The summed E-state index contributed by atoms with van der Waals surface area (Å²) in [4.78, 5) is 28.2. The second kappa shape index (κ2) is 4.90. The number of aromatic nitrogens is 1. The minimum Gasteiger partial charge on any atom is -0.462 e. The summed E-state index contributed by atoms with van der Waals surface area (Å²) in [6, 6.07) is 8.19. The van der Waals surface area contributed by atoms with Crippen molar-refractivity contribution in [3.05, 3.63) is 46.1 Å². The van der Waals surface area contributed by atoms with Gasteiger partial charge in [-0.3, -0.25) is 4.79 Å². The van der Waals surface area contributed by atoms with Gasteiger partial charge >= 0.3 is 5.97 Å². The molecule has 2 aromatic heterocycles. The number of nitrogens with two attached hydrogens (primary N) is 1. The molecule has 6 heteroatoms. The molecule has 0 radical (unpaired) electrons. The number of anilines is 1. The van der Waals surface area contributed by atoms with Crippen molar-refractivity contribution in [3.8, 4) is 0 Å². The van der Waals surface area contributed by atoms with Gasteiger partial charge < -0.3 is 14.9 Å². The molecule has 0 bridgehead atoms. The predicted molar refractivity (Wildman–Crippen MR) is 78.2 cm³/mol. The van der Waals surface area contributed by atoms with E-state index in [1.807, 2.05) is 0 Å². The first-order valence-corrected chi connectivity index (χ1v) is 6.41. The van der Waals surface area contributed by atoms with Crippen molar-refractivity contribution < 1.29 is 13.9 Å². The zero-order chi connectivity index (χ0) is 15.0. The summed E-state index contributed by atoms with van der Waals surface area (Å²) in [7, 11) is 0. The maximum atomic E-state index is 12.4. The Morgan fingerprint density at radius 3 is 2.86 bits per heavy atom. The van der Waals surface area contributed by atoms with Crippen molar-refractivity contribution in [2.75, 3.05) is 12.3 Å². The van der Waals surface area contributed by atoms with Crippen LogP contribution in [0.4, 0.5) is 5.82 Å². The minimum atomic E-state index is -0.614. The van der Waals surface area contributed by atoms with Crippen molar-refractivity contribution in [2.45, 2.75) is 6.92 Å². The molecule has 0 amide bonds. The van der Waals surface area contributed by atoms with Gasteiger partial charge in [-0.1, -0.05) is 12.1 Å². The van der Waals surface area contributed by atoms with E-state index in [0.29, 0.717) is 11.0 Å². The van der Waals surface area contributed by atoms with Crippen molar-refractivity contribution in [3.63, 3.8) is 0 Å². The Kier molecular flexibility index (Phi) is 3.06. The van der Waals surface area contributed by atoms with E-state index in [1.54, 1.807) is 31.2 Å². The van der Waals surface area contributed by atoms with Crippen LogP contribution in [-0.2, 0) is 4.74 Å². The Morgan fingerprint density at radius 2 is 2.10 bits per heavy atom. The summed E-state index contributed by atoms with van der Waals surface area (Å²) in [6.45, 7) is 1.90. The molecule has 1 aromatic carbocycles. The van der Waals surface area contributed by atoms with E-state index in [4.69, 9.17) is 14.9 Å². The molecule has 2 heterocycles. The number of ether oxygens (including phenoxy) is 1. The number of esters is 1. The second-order valence-corrected chi connectivity index (χ2v) is 4.42. The molecular formula is C15H12N2O4. The molecule has 106 valence electrons. The maximum absolute atomic E-state index is 12.4. The van der Waals surface area contributed by atoms with E-state index in [0.717, 1.165) is 0 Å². The van der Waals surface area contributed by atoms with E-state index in [-0.39, 0.29) is 34.5 Å². The van der Waals surface area contributed by atoms with Gasteiger partial charge in [0.1, 0.15) is 17.0 Å². The summed E-state index contributed by atoms with van der Waals surface area (Å²) >= 11 is 0. The summed E-state index contributed by atoms with van der Waals surface area (Å²) in [6.07, 6.45) is 0. The van der Waals surface area contributed by atoms with E-state index < -0.39 is 5.97 Å². The Hall–Kier alpha value is -2.89. The zero-order valence-electron chi connectivity index (χ0n) is 11.3. The standard InChI is InChI=1S/C15H12N2O4/c1-2-20-15(19)10-7-9-12(18)8-5-3-4-6-11(8)21-14(9)17-13(10)16/h3-7H,2H2,1H3,(H2,16,17). The number of carbonyl (C=O) groups excluding carboxylic acids is 1. The third kappa shape index (κ3) is 2.10. The van der Waals surface area contributed by atoms with Gasteiger partial charge in [-0.15, -0.1) is 0 Å². The molecule has 0 unspecified atom stereocenters. The highest BCUT2D eigenvalue weighted by molar-refractivity contribution is 5.99. The molecule has 0 saturated heterocycles. The lowest BCUT2D eigenvalue weighted by Crippen LogP contribution is -2.12. The van der Waals surface area contributed by atoms with E-state index >= 15 is 0 Å². The first kappa shape index (κ1) is 13.1. The second-order valence-electron chi connectivity index (χ2n) is 4.42. The molecular weight excluding hydrogens is 272 g/mol. The highest BCUT2D eigenvalue weighted by atomic mass is 16.5. The fraction of sp³-hybridized carbons (Fsp3) is 0.133. The first-order valence-electron chi connectivity index (χ1n) is 6.41. The number of pyridine rings is 1. The Balaban J connectivity index is 2.35. The van der Waals surface area contributed by atoms with Crippen molar-refractivity contribution in [1.82, 2.24) is 4.98 Å². The molecule has 0 aliphatic rings. The number of para-hydroxylation sites is 1. The number of benzene rings is 1. The van der Waals surface area contributed by atoms with Gasteiger partial charge in [-0.05, 0) is 25.1 Å². The van der Waals surface area contributed by atoms with Gasteiger partial charge in [0.05, 0.1) is 17.4 Å². The van der Waals surface area contributed by atoms with Crippen LogP contribution in [0.2, 0.25) is 0 Å². The van der Waals surface area contributed by atoms with Crippen LogP contribution in [0.15, 0.2) is 39.5 Å². The molecule has 21 heavy (non-hydrogen) atoms. The fourth-order valence-electron chi connectivity index (χ4n) is 2.12. The largest absolute Gasteiger partial charge is 0.462 e. The molecule has 3 rings (SSSR count). The average molecular weight is 284 g/mol. The van der Waals surface area contributed by atoms with Gasteiger partial charge in [0.15, 0.2) is 0 Å². The summed E-state index contributed by atoms with van der Waals surface area (Å²) in [5, 5.41) is 0.623. The van der Waals surface area contributed by atoms with Gasteiger partial charge in [-0.25, -0.2) is 4.79 Å². The van der Waals surface area contributed by atoms with E-state index in [9.17, 15) is 9.59 Å². The first-order chi connectivity index (χ1) is 10.1. The SMILES string of the molecule is CCOC(=O)c1cc2c(=O)c3ccccc3oc2nc1N. The topological polar surface area (TPSA) is 95.4 Å². The van der Waals surface area contributed by atoms with Crippen LogP contribution in [-0.4, -0.2) is 17.6 Å². The van der Waals surface area contributed by atoms with Gasteiger partial charge in [0.2, 0.25) is 11.1 Å². The van der Waals surface area contributed by atoms with Crippen LogP contribution < -0.4 is 11.2 Å². The molecule has 0 aliphatic heterocycles. The van der Waals surface area contributed by atoms with Crippen molar-refractivity contribution in [1.29, 1.82) is 0 Å². The molecule has 0 atom stereocenters. The van der Waals surface area contributed by atoms with E-state index in [1.165, 1.54) is 6.07 Å². The smallest absolute Gasteiger partial charge is 0.341 e. The summed E-state index contributed by atoms with van der Waals surface area (Å²) < 4.78 is 10.5. The molecule has 0 saturated carbocycles. The summed E-state index contributed by atoms with van der Waals surface area (Å²) in [5.41, 5.74) is 6.06. The van der Waals surface area contributed by atoms with Crippen LogP contribution >= 0.6 is 0 Å². The lowest BCUT2D eigenvalue weighted by molar-refractivity contribution is 0.0527. The quantitative estimate of drug-likeness (QED) is 0.572. The summed E-state index contributed by atoms with van der Waals surface area (Å²) in [5.74, 6) is -0.642. The molecule has 3 aromatic rings. The van der Waals surface area contributed by atoms with Crippen LogP contribution in [0.25, 0.3) is 22.1 Å². The monoisotopic (exact) mass is 284 g/mol. The molecule has 0 spiro atoms. The van der Waals surface area contributed by atoms with Crippen molar-refractivity contribution >= 4 is 33.9 Å². The third-order valence-electron chi connectivity index (χ3n) is 3.10. The molecule has 0 fully saturated rings. The van der Waals surface area contributed by atoms with Gasteiger partial charge in [0.25, 0.3) is 0 Å². The number of carbonyl (C=O) groups is 1. The Bertz CT molecular complexity index is 915. The Morgan fingerprint density at radius 1 is 1.33 bits per heavy atom. The van der Waals surface area contributed by atoms with Gasteiger partial charge in [0, 0.05) is 0 Å². The number of fused-ring (bicyclic) bond motifs is 2. The average Bonchev–Trinajstić information content (AvgIpc) is 2.47. The predicted octanol–water partition coefficient (Wildman–Crippen LogP) is 2.10. The number of nitrogens with zero attached hydrogens (tertiary/aromatic N) is 1. The maximum Gasteiger partial charge on any atom is 0.341 e. The lowest BCUT2D eigenvalue weighted by Gasteiger charge is -2.06. The van der Waals surface area contributed by atoms with Crippen molar-refractivity contribution in [2.24, 2.45) is 0 Å². The number of hydrogen-bond donors (Lipinski definition) is 1. The normalized spacial score (nSPS) is 10.9. The molecule has 0 aliphatic carbocycles. The molecule has 2 N–H and O–H groups in total. The lowest BCUT2D eigenvalue weighted by atomic mass is 10.1. The Labute approximate surface area is 119 Å². The number of hydrogen-bond acceptors (Lipinski definition) is 6. The third-order valence-corrected chi connectivity index (χ3v) is 3.10. The number of rotatable bonds is 2. The van der Waals surface area contributed by atoms with Crippen LogP contribution in [0.5, 0.6) is 0 Å². The highest BCUT2D eigenvalue weighted by Gasteiger charge is 2.17. The van der Waals surface area contributed by atoms with Crippen LogP contribution in [0.3, 0.4) is 0 Å². The molecule has 6 nitrogen and oxygen atoms in total. The zero-order valence-corrected chi connectivity index (χ0v) is 11.3. The fourth-order valence-corrected chi connectivity index (χ4v) is 2.12. The van der Waals surface area contributed by atoms with E-state index in [2.05, 4.69) is 4.98 Å².